The van der Waals surface area contributed by atoms with Crippen LogP contribution in [0.25, 0.3) is 0 Å². The van der Waals surface area contributed by atoms with E-state index < -0.39 is 0 Å². The Morgan fingerprint density at radius 1 is 1.25 bits per heavy atom. The van der Waals surface area contributed by atoms with Crippen molar-refractivity contribution in [2.45, 2.75) is 44.2 Å². The summed E-state index contributed by atoms with van der Waals surface area (Å²) in [5.41, 5.74) is 0.885. The topological polar surface area (TPSA) is 0 Å². The van der Waals surface area contributed by atoms with Gasteiger partial charge in [-0.3, -0.25) is 0 Å². The highest BCUT2D eigenvalue weighted by Gasteiger charge is 2.02. The molecule has 0 aromatic heterocycles. The molecule has 0 spiro atoms. The Labute approximate surface area is 78.6 Å². The maximum Gasteiger partial charge on any atom is 0.0327 e. The zero-order valence-corrected chi connectivity index (χ0v) is 9.54. The number of allylic oxidation sites excluding steroid dienone is 4. The molecule has 0 nitrogen and oxygen atoms in total. The van der Waals surface area contributed by atoms with E-state index in [9.17, 15) is 0 Å². The zero-order chi connectivity index (χ0) is 8.65. The molecule has 1 aliphatic carbocycles. The molecule has 0 unspecified atom stereocenters. The van der Waals surface area contributed by atoms with Gasteiger partial charge in [0.2, 0.25) is 0 Å². The molecule has 0 heterocycles. The molecular formula is C11H20Si. The van der Waals surface area contributed by atoms with Gasteiger partial charge in [-0.1, -0.05) is 56.5 Å². The van der Waals surface area contributed by atoms with E-state index in [1.54, 1.807) is 0 Å². The largest absolute Gasteiger partial charge is 0.0847 e. The summed E-state index contributed by atoms with van der Waals surface area (Å²) in [6.07, 6.45) is 14.9. The Balaban J connectivity index is 2.02. The molecule has 68 valence electrons. The molecule has 0 saturated carbocycles. The fourth-order valence-corrected chi connectivity index (χ4v) is 3.53. The Morgan fingerprint density at radius 2 is 2.00 bits per heavy atom. The lowest BCUT2D eigenvalue weighted by Gasteiger charge is -2.09. The van der Waals surface area contributed by atoms with E-state index in [0.717, 1.165) is 5.54 Å². The minimum atomic E-state index is 0.172. The summed E-state index contributed by atoms with van der Waals surface area (Å²) in [4.78, 5) is 0. The van der Waals surface area contributed by atoms with E-state index in [1.807, 2.05) is 0 Å². The average molecular weight is 180 g/mol. The predicted octanol–water partition coefficient (Wildman–Crippen LogP) is 3.07. The first kappa shape index (κ1) is 9.78. The standard InChI is InChI=1S/C11H20Si/c1-2-3-7-10-12-11-8-5-4-6-9-11/h5-6,8-9,11H,2-4,7,10,12H2,1H3. The van der Waals surface area contributed by atoms with Crippen LogP contribution >= 0.6 is 0 Å². The Bertz CT molecular complexity index is 146. The smallest absolute Gasteiger partial charge is 0.0327 e. The van der Waals surface area contributed by atoms with Gasteiger partial charge >= 0.3 is 0 Å². The van der Waals surface area contributed by atoms with Crippen LogP contribution in [-0.4, -0.2) is 9.52 Å². The molecule has 1 heteroatoms. The fourth-order valence-electron chi connectivity index (χ4n) is 1.65. The van der Waals surface area contributed by atoms with Crippen molar-refractivity contribution in [2.75, 3.05) is 0 Å². The first-order valence-electron chi connectivity index (χ1n) is 5.27. The first-order chi connectivity index (χ1) is 5.93. The minimum Gasteiger partial charge on any atom is -0.0847 e. The number of hydrogen-bond acceptors (Lipinski definition) is 0. The summed E-state index contributed by atoms with van der Waals surface area (Å²) >= 11 is 0. The second-order valence-corrected chi connectivity index (χ2v) is 5.83. The maximum absolute atomic E-state index is 2.41. The highest BCUT2D eigenvalue weighted by atomic mass is 28.2. The van der Waals surface area contributed by atoms with Crippen LogP contribution in [0.1, 0.15) is 32.6 Å². The van der Waals surface area contributed by atoms with Crippen LogP contribution in [-0.2, 0) is 0 Å². The molecule has 0 saturated heterocycles. The third-order valence-electron chi connectivity index (χ3n) is 2.43. The molecule has 1 aliphatic rings. The van der Waals surface area contributed by atoms with Gasteiger partial charge in [-0.2, -0.15) is 0 Å². The molecular weight excluding hydrogens is 160 g/mol. The van der Waals surface area contributed by atoms with E-state index >= 15 is 0 Å². The van der Waals surface area contributed by atoms with E-state index in [2.05, 4.69) is 31.2 Å². The first-order valence-corrected chi connectivity index (χ1v) is 7.08. The van der Waals surface area contributed by atoms with Crippen LogP contribution in [0.5, 0.6) is 0 Å². The third kappa shape index (κ3) is 3.91. The van der Waals surface area contributed by atoms with E-state index in [-0.39, 0.29) is 9.52 Å². The monoisotopic (exact) mass is 180 g/mol. The van der Waals surface area contributed by atoms with Crippen LogP contribution in [0.2, 0.25) is 11.6 Å². The van der Waals surface area contributed by atoms with Crippen LogP contribution in [0.3, 0.4) is 0 Å². The van der Waals surface area contributed by atoms with Crippen molar-refractivity contribution in [3.8, 4) is 0 Å². The Kier molecular flexibility index (Phi) is 5.09. The molecule has 0 bridgehead atoms. The summed E-state index contributed by atoms with van der Waals surface area (Å²) in [7, 11) is 0.172. The second kappa shape index (κ2) is 6.24. The van der Waals surface area contributed by atoms with Crippen LogP contribution in [0, 0.1) is 0 Å². The normalized spacial score (nSPS) is 18.1. The van der Waals surface area contributed by atoms with Gasteiger partial charge in [0, 0.05) is 9.52 Å². The summed E-state index contributed by atoms with van der Waals surface area (Å²) in [5.74, 6) is 0. The van der Waals surface area contributed by atoms with Crippen molar-refractivity contribution in [3.63, 3.8) is 0 Å². The molecule has 12 heavy (non-hydrogen) atoms. The highest BCUT2D eigenvalue weighted by molar-refractivity contribution is 6.39. The number of hydrogen-bond donors (Lipinski definition) is 0. The molecule has 0 radical (unpaired) electrons. The fraction of sp³-hybridized carbons (Fsp3) is 0.636. The third-order valence-corrected chi connectivity index (χ3v) is 4.55. The average Bonchev–Trinajstić information content (AvgIpc) is 2.14. The molecule has 0 aromatic carbocycles. The van der Waals surface area contributed by atoms with Crippen molar-refractivity contribution < 1.29 is 0 Å². The van der Waals surface area contributed by atoms with Crippen molar-refractivity contribution in [3.05, 3.63) is 24.3 Å². The quantitative estimate of drug-likeness (QED) is 0.346. The van der Waals surface area contributed by atoms with E-state index in [4.69, 9.17) is 0 Å². The van der Waals surface area contributed by atoms with Crippen molar-refractivity contribution in [1.29, 1.82) is 0 Å². The minimum absolute atomic E-state index is 0.172. The number of rotatable bonds is 5. The molecule has 0 fully saturated rings. The zero-order valence-electron chi connectivity index (χ0n) is 8.13. The summed E-state index contributed by atoms with van der Waals surface area (Å²) in [6, 6.07) is 1.53. The second-order valence-electron chi connectivity index (χ2n) is 3.61. The molecule has 0 amide bonds. The van der Waals surface area contributed by atoms with Gasteiger partial charge in [-0.05, 0) is 12.0 Å². The summed E-state index contributed by atoms with van der Waals surface area (Å²) in [5, 5.41) is 0. The van der Waals surface area contributed by atoms with Crippen LogP contribution < -0.4 is 0 Å². The molecule has 0 aromatic rings. The van der Waals surface area contributed by atoms with Gasteiger partial charge in [-0.25, -0.2) is 0 Å². The Morgan fingerprint density at radius 3 is 2.67 bits per heavy atom. The Hall–Kier alpha value is -0.303. The van der Waals surface area contributed by atoms with E-state index in [0.29, 0.717) is 0 Å². The van der Waals surface area contributed by atoms with Gasteiger partial charge in [-0.15, -0.1) is 0 Å². The predicted molar refractivity (Wildman–Crippen MR) is 59.5 cm³/mol. The van der Waals surface area contributed by atoms with Crippen molar-refractivity contribution in [1.82, 2.24) is 0 Å². The van der Waals surface area contributed by atoms with Crippen molar-refractivity contribution >= 4 is 9.52 Å². The lowest BCUT2D eigenvalue weighted by atomic mass is 10.2. The lowest BCUT2D eigenvalue weighted by molar-refractivity contribution is 0.767. The summed E-state index contributed by atoms with van der Waals surface area (Å²) in [6.45, 7) is 2.28. The van der Waals surface area contributed by atoms with Gasteiger partial charge in [0.25, 0.3) is 0 Å². The van der Waals surface area contributed by atoms with Crippen molar-refractivity contribution in [2.24, 2.45) is 0 Å². The lowest BCUT2D eigenvalue weighted by Crippen LogP contribution is -1.99. The van der Waals surface area contributed by atoms with Gasteiger partial charge < -0.3 is 0 Å². The molecule has 1 rings (SSSR count). The highest BCUT2D eigenvalue weighted by Crippen LogP contribution is 2.16. The van der Waals surface area contributed by atoms with Crippen LogP contribution in [0.4, 0.5) is 0 Å². The SMILES string of the molecule is CCCCC[SiH2]C1C=CCC=C1. The van der Waals surface area contributed by atoms with Gasteiger partial charge in [0.05, 0.1) is 0 Å². The summed E-state index contributed by atoms with van der Waals surface area (Å²) < 4.78 is 0. The van der Waals surface area contributed by atoms with Crippen LogP contribution in [0.15, 0.2) is 24.3 Å². The maximum atomic E-state index is 2.41. The van der Waals surface area contributed by atoms with Gasteiger partial charge in [0.15, 0.2) is 0 Å². The molecule has 0 N–H and O–H groups in total. The van der Waals surface area contributed by atoms with E-state index in [1.165, 1.54) is 31.7 Å². The molecule has 0 aliphatic heterocycles. The van der Waals surface area contributed by atoms with Gasteiger partial charge in [0.1, 0.15) is 0 Å². The number of unbranched alkanes of at least 4 members (excludes halogenated alkanes) is 2. The molecule has 0 atom stereocenters.